The molecule has 108 valence electrons. The molecule has 0 spiro atoms. The highest BCUT2D eigenvalue weighted by molar-refractivity contribution is 7.88. The van der Waals surface area contributed by atoms with Crippen LogP contribution >= 0.6 is 0 Å². The second-order valence-corrected chi connectivity index (χ2v) is 7.38. The van der Waals surface area contributed by atoms with Gasteiger partial charge in [0.25, 0.3) is 0 Å². The van der Waals surface area contributed by atoms with Gasteiger partial charge in [0, 0.05) is 0 Å². The van der Waals surface area contributed by atoms with Gasteiger partial charge in [-0.15, -0.1) is 0 Å². The van der Waals surface area contributed by atoms with E-state index in [-0.39, 0.29) is 12.5 Å². The number of hydrogen-bond donors (Lipinski definition) is 3. The van der Waals surface area contributed by atoms with Crippen LogP contribution in [0.3, 0.4) is 0 Å². The van der Waals surface area contributed by atoms with Crippen molar-refractivity contribution in [1.29, 1.82) is 0 Å². The van der Waals surface area contributed by atoms with Crippen LogP contribution in [-0.2, 0) is 14.8 Å². The van der Waals surface area contributed by atoms with Crippen molar-refractivity contribution in [2.24, 2.45) is 5.92 Å². The SMILES string of the molecule is CC(C)CC(NS(C)(=O)=O)C(=O)NC(C)(C)CO. The lowest BCUT2D eigenvalue weighted by Gasteiger charge is -2.27. The molecule has 0 aromatic rings. The zero-order chi connectivity index (χ0) is 14.6. The molecule has 1 atom stereocenters. The van der Waals surface area contributed by atoms with Gasteiger partial charge in [-0.25, -0.2) is 13.1 Å². The fraction of sp³-hybridized carbons (Fsp3) is 0.909. The highest BCUT2D eigenvalue weighted by Gasteiger charge is 2.27. The Morgan fingerprint density at radius 1 is 1.33 bits per heavy atom. The van der Waals surface area contributed by atoms with E-state index in [2.05, 4.69) is 10.0 Å². The average molecular weight is 280 g/mol. The van der Waals surface area contributed by atoms with Crippen LogP contribution in [0.1, 0.15) is 34.1 Å². The minimum absolute atomic E-state index is 0.173. The van der Waals surface area contributed by atoms with Crippen LogP contribution in [-0.4, -0.2) is 43.9 Å². The lowest BCUT2D eigenvalue weighted by molar-refractivity contribution is -0.125. The average Bonchev–Trinajstić information content (AvgIpc) is 2.13. The van der Waals surface area contributed by atoms with Crippen LogP contribution in [0.2, 0.25) is 0 Å². The molecule has 0 rings (SSSR count). The first kappa shape index (κ1) is 17.3. The van der Waals surface area contributed by atoms with Crippen molar-refractivity contribution in [3.63, 3.8) is 0 Å². The summed E-state index contributed by atoms with van der Waals surface area (Å²) in [5.74, 6) is -0.250. The summed E-state index contributed by atoms with van der Waals surface area (Å²) < 4.78 is 24.8. The number of aliphatic hydroxyl groups is 1. The van der Waals surface area contributed by atoms with Crippen LogP contribution in [0.15, 0.2) is 0 Å². The van der Waals surface area contributed by atoms with Gasteiger partial charge in [0.15, 0.2) is 0 Å². The number of hydrogen-bond acceptors (Lipinski definition) is 4. The first-order valence-electron chi connectivity index (χ1n) is 5.87. The smallest absolute Gasteiger partial charge is 0.238 e. The van der Waals surface area contributed by atoms with Crippen LogP contribution in [0.5, 0.6) is 0 Å². The van der Waals surface area contributed by atoms with Gasteiger partial charge in [-0.1, -0.05) is 13.8 Å². The maximum absolute atomic E-state index is 12.0. The van der Waals surface area contributed by atoms with E-state index in [1.807, 2.05) is 13.8 Å². The fourth-order valence-electron chi connectivity index (χ4n) is 1.40. The topological polar surface area (TPSA) is 95.5 Å². The third-order valence-corrected chi connectivity index (χ3v) is 2.95. The first-order valence-corrected chi connectivity index (χ1v) is 7.76. The molecule has 7 heteroatoms. The summed E-state index contributed by atoms with van der Waals surface area (Å²) in [4.78, 5) is 12.0. The number of nitrogens with one attached hydrogen (secondary N) is 2. The molecule has 0 heterocycles. The van der Waals surface area contributed by atoms with Crippen molar-refractivity contribution in [3.05, 3.63) is 0 Å². The lowest BCUT2D eigenvalue weighted by Crippen LogP contribution is -2.54. The quantitative estimate of drug-likeness (QED) is 0.604. The van der Waals surface area contributed by atoms with E-state index in [1.54, 1.807) is 13.8 Å². The zero-order valence-corrected chi connectivity index (χ0v) is 12.5. The molecule has 3 N–H and O–H groups in total. The summed E-state index contributed by atoms with van der Waals surface area (Å²) in [6.45, 7) is 6.92. The van der Waals surface area contributed by atoms with Gasteiger partial charge in [-0.05, 0) is 26.2 Å². The third kappa shape index (κ3) is 7.62. The Hall–Kier alpha value is -0.660. The molecule has 0 aromatic heterocycles. The number of aliphatic hydroxyl groups excluding tert-OH is 1. The van der Waals surface area contributed by atoms with Gasteiger partial charge in [0.2, 0.25) is 15.9 Å². The molecule has 0 saturated carbocycles. The van der Waals surface area contributed by atoms with E-state index in [0.29, 0.717) is 6.42 Å². The minimum Gasteiger partial charge on any atom is -0.394 e. The van der Waals surface area contributed by atoms with Crippen molar-refractivity contribution >= 4 is 15.9 Å². The van der Waals surface area contributed by atoms with Crippen molar-refractivity contribution < 1.29 is 18.3 Å². The first-order chi connectivity index (χ1) is 7.97. The number of sulfonamides is 1. The van der Waals surface area contributed by atoms with Gasteiger partial charge in [-0.2, -0.15) is 0 Å². The molecular weight excluding hydrogens is 256 g/mol. The van der Waals surface area contributed by atoms with E-state index < -0.39 is 27.5 Å². The molecule has 0 radical (unpaired) electrons. The molecular formula is C11H24N2O4S. The van der Waals surface area contributed by atoms with Crippen molar-refractivity contribution in [1.82, 2.24) is 10.0 Å². The highest BCUT2D eigenvalue weighted by Crippen LogP contribution is 2.08. The summed E-state index contributed by atoms with van der Waals surface area (Å²) >= 11 is 0. The summed E-state index contributed by atoms with van der Waals surface area (Å²) in [5, 5.41) is 11.7. The van der Waals surface area contributed by atoms with Gasteiger partial charge in [0.05, 0.1) is 18.4 Å². The van der Waals surface area contributed by atoms with E-state index in [0.717, 1.165) is 6.26 Å². The van der Waals surface area contributed by atoms with Gasteiger partial charge >= 0.3 is 0 Å². The number of carbonyl (C=O) groups is 1. The number of rotatable bonds is 7. The highest BCUT2D eigenvalue weighted by atomic mass is 32.2. The van der Waals surface area contributed by atoms with Gasteiger partial charge in [0.1, 0.15) is 6.04 Å². The maximum Gasteiger partial charge on any atom is 0.238 e. The van der Waals surface area contributed by atoms with Crippen LogP contribution < -0.4 is 10.0 Å². The fourth-order valence-corrected chi connectivity index (χ4v) is 2.12. The van der Waals surface area contributed by atoms with Crippen LogP contribution in [0, 0.1) is 5.92 Å². The van der Waals surface area contributed by atoms with Gasteiger partial charge < -0.3 is 10.4 Å². The van der Waals surface area contributed by atoms with Crippen LogP contribution in [0.4, 0.5) is 0 Å². The molecule has 0 aromatic carbocycles. The molecule has 1 amide bonds. The number of amides is 1. The van der Waals surface area contributed by atoms with E-state index >= 15 is 0 Å². The lowest BCUT2D eigenvalue weighted by atomic mass is 10.0. The van der Waals surface area contributed by atoms with Crippen molar-refractivity contribution in [3.8, 4) is 0 Å². The predicted molar refractivity (Wildman–Crippen MR) is 70.5 cm³/mol. The Kier molecular flexibility index (Phi) is 6.25. The van der Waals surface area contributed by atoms with Crippen molar-refractivity contribution in [2.75, 3.05) is 12.9 Å². The molecule has 6 nitrogen and oxygen atoms in total. The monoisotopic (exact) mass is 280 g/mol. The summed E-state index contributed by atoms with van der Waals surface area (Å²) in [7, 11) is -3.45. The molecule has 0 fully saturated rings. The molecule has 0 saturated heterocycles. The Balaban J connectivity index is 4.81. The third-order valence-electron chi connectivity index (χ3n) is 2.24. The Bertz CT molecular complexity index is 377. The Morgan fingerprint density at radius 2 is 1.83 bits per heavy atom. The van der Waals surface area contributed by atoms with E-state index in [1.165, 1.54) is 0 Å². The second-order valence-electron chi connectivity index (χ2n) is 5.60. The summed E-state index contributed by atoms with van der Waals surface area (Å²) in [6.07, 6.45) is 1.42. The predicted octanol–water partition coefficient (Wildman–Crippen LogP) is -0.163. The largest absolute Gasteiger partial charge is 0.394 e. The minimum atomic E-state index is -3.45. The van der Waals surface area contributed by atoms with E-state index in [9.17, 15) is 13.2 Å². The van der Waals surface area contributed by atoms with Crippen LogP contribution in [0.25, 0.3) is 0 Å². The van der Waals surface area contributed by atoms with Gasteiger partial charge in [-0.3, -0.25) is 4.79 Å². The Labute approximate surface area is 109 Å². The van der Waals surface area contributed by atoms with Crippen molar-refractivity contribution in [2.45, 2.75) is 45.7 Å². The number of carbonyl (C=O) groups excluding carboxylic acids is 1. The molecule has 1 unspecified atom stereocenters. The summed E-state index contributed by atoms with van der Waals surface area (Å²) in [5.41, 5.74) is -0.772. The summed E-state index contributed by atoms with van der Waals surface area (Å²) in [6, 6.07) is -0.814. The standard InChI is InChI=1S/C11H24N2O4S/c1-8(2)6-9(13-18(5,16)17)10(15)12-11(3,4)7-14/h8-9,13-14H,6-7H2,1-5H3,(H,12,15). The molecule has 0 aliphatic heterocycles. The Morgan fingerprint density at radius 3 is 2.17 bits per heavy atom. The maximum atomic E-state index is 12.0. The van der Waals surface area contributed by atoms with E-state index in [4.69, 9.17) is 5.11 Å². The normalized spacial score (nSPS) is 14.6. The second kappa shape index (κ2) is 6.49. The molecule has 0 aliphatic carbocycles. The molecule has 18 heavy (non-hydrogen) atoms. The molecule has 0 aliphatic rings. The molecule has 0 bridgehead atoms. The zero-order valence-electron chi connectivity index (χ0n) is 11.6.